The average Bonchev–Trinajstić information content (AvgIpc) is 3.10. The van der Waals surface area contributed by atoms with Gasteiger partial charge in [0.2, 0.25) is 0 Å². The zero-order valence-electron chi connectivity index (χ0n) is 8.87. The number of ether oxygens (including phenoxy) is 1. The molecule has 2 rings (SSSR count). The monoisotopic (exact) mass is 280 g/mol. The molecular formula is C12H13BrN2O. The normalized spacial score (nSPS) is 14.5. The lowest BCUT2D eigenvalue weighted by atomic mass is 10.2. The third kappa shape index (κ3) is 3.22. The van der Waals surface area contributed by atoms with Crippen molar-refractivity contribution in [2.45, 2.75) is 25.4 Å². The molecule has 0 saturated heterocycles. The van der Waals surface area contributed by atoms with Crippen LogP contribution in [0.2, 0.25) is 0 Å². The van der Waals surface area contributed by atoms with E-state index in [0.717, 1.165) is 16.8 Å². The number of nitriles is 1. The minimum atomic E-state index is 0.0944. The summed E-state index contributed by atoms with van der Waals surface area (Å²) in [6.45, 7) is 0.937. The van der Waals surface area contributed by atoms with Gasteiger partial charge in [-0.25, -0.2) is 0 Å². The highest BCUT2D eigenvalue weighted by Crippen LogP contribution is 2.24. The molecule has 1 aliphatic carbocycles. The molecule has 1 saturated carbocycles. The zero-order chi connectivity index (χ0) is 11.4. The van der Waals surface area contributed by atoms with E-state index in [1.54, 1.807) is 0 Å². The van der Waals surface area contributed by atoms with Crippen LogP contribution in [0.25, 0.3) is 0 Å². The van der Waals surface area contributed by atoms with Gasteiger partial charge in [0, 0.05) is 17.1 Å². The van der Waals surface area contributed by atoms with Crippen LogP contribution in [0.1, 0.15) is 18.4 Å². The summed E-state index contributed by atoms with van der Waals surface area (Å²) in [4.78, 5) is 0. The third-order valence-corrected chi connectivity index (χ3v) is 3.25. The molecule has 0 spiro atoms. The number of hydrogen-bond acceptors (Lipinski definition) is 3. The van der Waals surface area contributed by atoms with Gasteiger partial charge in [-0.1, -0.05) is 15.9 Å². The lowest BCUT2D eigenvalue weighted by Crippen LogP contribution is -2.15. The molecule has 4 heteroatoms. The lowest BCUT2D eigenvalue weighted by molar-refractivity contribution is 0.367. The first-order valence-corrected chi connectivity index (χ1v) is 6.10. The largest absolute Gasteiger partial charge is 0.479 e. The van der Waals surface area contributed by atoms with E-state index in [4.69, 9.17) is 10.00 Å². The predicted octanol–water partition coefficient (Wildman–Crippen LogP) is 2.60. The minimum Gasteiger partial charge on any atom is -0.479 e. The van der Waals surface area contributed by atoms with Gasteiger partial charge in [-0.15, -0.1) is 0 Å². The first-order chi connectivity index (χ1) is 7.79. The van der Waals surface area contributed by atoms with Crippen LogP contribution in [0.15, 0.2) is 22.7 Å². The van der Waals surface area contributed by atoms with Gasteiger partial charge >= 0.3 is 0 Å². The predicted molar refractivity (Wildman–Crippen MR) is 65.1 cm³/mol. The summed E-state index contributed by atoms with van der Waals surface area (Å²) in [6.07, 6.45) is 2.56. The SMILES string of the molecule is N#CCOc1ccc(Br)c(CNC2CC2)c1. The Hall–Kier alpha value is -1.05. The van der Waals surface area contributed by atoms with Crippen LogP contribution >= 0.6 is 15.9 Å². The van der Waals surface area contributed by atoms with Gasteiger partial charge in [0.25, 0.3) is 0 Å². The quantitative estimate of drug-likeness (QED) is 0.902. The van der Waals surface area contributed by atoms with Crippen LogP contribution in [-0.2, 0) is 6.54 Å². The molecule has 1 fully saturated rings. The van der Waals surface area contributed by atoms with Gasteiger partial charge in [0.15, 0.2) is 6.61 Å². The Kier molecular flexibility index (Phi) is 3.81. The highest BCUT2D eigenvalue weighted by Gasteiger charge is 2.20. The van der Waals surface area contributed by atoms with Crippen molar-refractivity contribution in [2.75, 3.05) is 6.61 Å². The van der Waals surface area contributed by atoms with Crippen molar-refractivity contribution in [1.82, 2.24) is 5.32 Å². The molecule has 1 aromatic rings. The topological polar surface area (TPSA) is 45.0 Å². The van der Waals surface area contributed by atoms with Gasteiger partial charge in [0.05, 0.1) is 0 Å². The Labute approximate surface area is 104 Å². The van der Waals surface area contributed by atoms with Crippen LogP contribution in [0.5, 0.6) is 5.75 Å². The number of hydrogen-bond donors (Lipinski definition) is 1. The molecule has 0 radical (unpaired) electrons. The number of nitrogens with zero attached hydrogens (tertiary/aromatic N) is 1. The Balaban J connectivity index is 1.99. The first kappa shape index (κ1) is 11.4. The highest BCUT2D eigenvalue weighted by molar-refractivity contribution is 9.10. The molecule has 0 unspecified atom stereocenters. The molecule has 0 aromatic heterocycles. The standard InChI is InChI=1S/C12H13BrN2O/c13-12-4-3-11(16-6-5-14)7-9(12)8-15-10-1-2-10/h3-4,7,10,15H,1-2,6,8H2. The second kappa shape index (κ2) is 5.33. The molecule has 0 aliphatic heterocycles. The van der Waals surface area contributed by atoms with Crippen LogP contribution in [0.3, 0.4) is 0 Å². The van der Waals surface area contributed by atoms with Crippen molar-refractivity contribution >= 4 is 15.9 Å². The molecule has 0 amide bonds. The average molecular weight is 281 g/mol. The van der Waals surface area contributed by atoms with E-state index < -0.39 is 0 Å². The summed E-state index contributed by atoms with van der Waals surface area (Å²) in [5.41, 5.74) is 1.17. The fourth-order valence-electron chi connectivity index (χ4n) is 1.43. The van der Waals surface area contributed by atoms with E-state index in [-0.39, 0.29) is 6.61 Å². The number of rotatable bonds is 5. The van der Waals surface area contributed by atoms with E-state index in [2.05, 4.69) is 21.2 Å². The molecule has 0 heterocycles. The fourth-order valence-corrected chi connectivity index (χ4v) is 1.82. The molecule has 0 bridgehead atoms. The molecule has 16 heavy (non-hydrogen) atoms. The van der Waals surface area contributed by atoms with Crippen molar-refractivity contribution in [1.29, 1.82) is 5.26 Å². The molecule has 3 nitrogen and oxygen atoms in total. The van der Waals surface area contributed by atoms with Crippen LogP contribution in [-0.4, -0.2) is 12.6 Å². The second-order valence-electron chi connectivity index (χ2n) is 3.86. The maximum Gasteiger partial charge on any atom is 0.174 e. The summed E-state index contributed by atoms with van der Waals surface area (Å²) < 4.78 is 6.34. The van der Waals surface area contributed by atoms with Crippen LogP contribution < -0.4 is 10.1 Å². The molecule has 1 N–H and O–H groups in total. The first-order valence-electron chi connectivity index (χ1n) is 5.31. The summed E-state index contributed by atoms with van der Waals surface area (Å²) in [6, 6.07) is 8.44. The zero-order valence-corrected chi connectivity index (χ0v) is 10.5. The van der Waals surface area contributed by atoms with Crippen molar-refractivity contribution in [3.05, 3.63) is 28.2 Å². The van der Waals surface area contributed by atoms with Gasteiger partial charge in [-0.2, -0.15) is 5.26 Å². The number of nitrogens with one attached hydrogen (secondary N) is 1. The van der Waals surface area contributed by atoms with Crippen molar-refractivity contribution in [2.24, 2.45) is 0 Å². The maximum absolute atomic E-state index is 8.44. The van der Waals surface area contributed by atoms with E-state index in [1.807, 2.05) is 24.3 Å². The van der Waals surface area contributed by atoms with Crippen molar-refractivity contribution in [3.8, 4) is 11.8 Å². The van der Waals surface area contributed by atoms with E-state index >= 15 is 0 Å². The Morgan fingerprint density at radius 1 is 1.50 bits per heavy atom. The van der Waals surface area contributed by atoms with Gasteiger partial charge in [0.1, 0.15) is 11.8 Å². The summed E-state index contributed by atoms with van der Waals surface area (Å²) in [5, 5.41) is 11.9. The van der Waals surface area contributed by atoms with E-state index in [1.165, 1.54) is 18.4 Å². The molecule has 0 atom stereocenters. The third-order valence-electron chi connectivity index (χ3n) is 2.48. The molecular weight excluding hydrogens is 268 g/mol. The Bertz CT molecular complexity index is 410. The summed E-state index contributed by atoms with van der Waals surface area (Å²) >= 11 is 3.51. The fraction of sp³-hybridized carbons (Fsp3) is 0.417. The lowest BCUT2D eigenvalue weighted by Gasteiger charge is -2.08. The minimum absolute atomic E-state index is 0.0944. The molecule has 84 valence electrons. The Morgan fingerprint density at radius 3 is 3.00 bits per heavy atom. The van der Waals surface area contributed by atoms with Crippen LogP contribution in [0, 0.1) is 11.3 Å². The molecule has 1 aromatic carbocycles. The van der Waals surface area contributed by atoms with E-state index in [9.17, 15) is 0 Å². The second-order valence-corrected chi connectivity index (χ2v) is 4.71. The maximum atomic E-state index is 8.44. The van der Waals surface area contributed by atoms with Gasteiger partial charge < -0.3 is 10.1 Å². The number of halogens is 1. The highest BCUT2D eigenvalue weighted by atomic mass is 79.9. The molecule has 1 aliphatic rings. The van der Waals surface area contributed by atoms with Crippen LogP contribution in [0.4, 0.5) is 0 Å². The summed E-state index contributed by atoms with van der Waals surface area (Å²) in [5.74, 6) is 0.748. The van der Waals surface area contributed by atoms with Gasteiger partial charge in [-0.3, -0.25) is 0 Å². The van der Waals surface area contributed by atoms with Crippen molar-refractivity contribution < 1.29 is 4.74 Å². The Morgan fingerprint density at radius 2 is 2.31 bits per heavy atom. The number of benzene rings is 1. The smallest absolute Gasteiger partial charge is 0.174 e. The summed E-state index contributed by atoms with van der Waals surface area (Å²) in [7, 11) is 0. The van der Waals surface area contributed by atoms with E-state index in [0.29, 0.717) is 6.04 Å². The van der Waals surface area contributed by atoms with Crippen molar-refractivity contribution in [3.63, 3.8) is 0 Å². The van der Waals surface area contributed by atoms with Gasteiger partial charge in [-0.05, 0) is 36.6 Å².